The lowest BCUT2D eigenvalue weighted by atomic mass is 10.0. The molecule has 0 saturated heterocycles. The lowest BCUT2D eigenvalue weighted by Gasteiger charge is -2.20. The van der Waals surface area contributed by atoms with E-state index in [9.17, 15) is 14.4 Å². The van der Waals surface area contributed by atoms with Crippen molar-refractivity contribution in [3.8, 4) is 11.1 Å². The number of hydrogen-bond donors (Lipinski definition) is 3. The number of carboxylic acid groups (broad SMARTS) is 1. The summed E-state index contributed by atoms with van der Waals surface area (Å²) < 4.78 is 5.21. The van der Waals surface area contributed by atoms with E-state index >= 15 is 0 Å². The van der Waals surface area contributed by atoms with Crippen LogP contribution in [0.5, 0.6) is 0 Å². The zero-order chi connectivity index (χ0) is 23.0. The number of nitrogens with two attached hydrogens (primary N) is 1. The monoisotopic (exact) mass is 440 g/mol. The highest BCUT2D eigenvalue weighted by Crippen LogP contribution is 2.27. The van der Waals surface area contributed by atoms with Crippen LogP contribution >= 0.6 is 11.3 Å². The van der Waals surface area contributed by atoms with Crippen LogP contribution in [-0.2, 0) is 4.74 Å². The first-order valence-corrected chi connectivity index (χ1v) is 10.1. The standard InChI is InChI=1S/C17H20N2O2.C6H4O3S/c1-17(2,3)21-16(20)19-15-10-9-13(11-14(15)18)12-7-5-4-6-8-12;7-3-4-1-2-5(10-4)6(8)9/h4-11H,18H2,1-3H3,(H,19,20);1-3H,(H,8,9). The van der Waals surface area contributed by atoms with Crippen LogP contribution < -0.4 is 11.1 Å². The zero-order valence-electron chi connectivity index (χ0n) is 17.4. The van der Waals surface area contributed by atoms with Gasteiger partial charge in [-0.15, -0.1) is 11.3 Å². The van der Waals surface area contributed by atoms with Gasteiger partial charge in [0.1, 0.15) is 10.5 Å². The smallest absolute Gasteiger partial charge is 0.412 e. The van der Waals surface area contributed by atoms with Gasteiger partial charge in [0, 0.05) is 0 Å². The summed E-state index contributed by atoms with van der Waals surface area (Å²) >= 11 is 0.973. The van der Waals surface area contributed by atoms with E-state index in [1.165, 1.54) is 12.1 Å². The summed E-state index contributed by atoms with van der Waals surface area (Å²) in [7, 11) is 0. The maximum absolute atomic E-state index is 11.7. The van der Waals surface area contributed by atoms with Crippen LogP contribution in [0.25, 0.3) is 11.1 Å². The van der Waals surface area contributed by atoms with E-state index in [2.05, 4.69) is 5.32 Å². The van der Waals surface area contributed by atoms with E-state index < -0.39 is 17.7 Å². The molecule has 2 aromatic carbocycles. The first-order valence-electron chi connectivity index (χ1n) is 9.32. The molecule has 0 aliphatic heterocycles. The molecule has 1 aromatic heterocycles. The maximum Gasteiger partial charge on any atom is 0.412 e. The first-order chi connectivity index (χ1) is 14.6. The van der Waals surface area contributed by atoms with Gasteiger partial charge in [0.05, 0.1) is 16.3 Å². The van der Waals surface area contributed by atoms with Gasteiger partial charge in [-0.2, -0.15) is 0 Å². The topological polar surface area (TPSA) is 119 Å². The summed E-state index contributed by atoms with van der Waals surface area (Å²) in [6.45, 7) is 5.44. The van der Waals surface area contributed by atoms with Crippen molar-refractivity contribution in [2.75, 3.05) is 11.1 Å². The van der Waals surface area contributed by atoms with Gasteiger partial charge in [0.25, 0.3) is 0 Å². The molecule has 0 aliphatic carbocycles. The molecule has 1 heterocycles. The quantitative estimate of drug-likeness (QED) is 0.362. The van der Waals surface area contributed by atoms with E-state index in [4.69, 9.17) is 15.6 Å². The minimum absolute atomic E-state index is 0.196. The fourth-order valence-corrected chi connectivity index (χ4v) is 3.09. The van der Waals surface area contributed by atoms with Gasteiger partial charge in [-0.05, 0) is 56.2 Å². The Balaban J connectivity index is 0.000000285. The molecule has 3 rings (SSSR count). The molecule has 0 atom stereocenters. The summed E-state index contributed by atoms with van der Waals surface area (Å²) in [5, 5.41) is 11.0. The van der Waals surface area contributed by atoms with E-state index in [1.807, 2.05) is 63.2 Å². The Bertz CT molecular complexity index is 1060. The van der Waals surface area contributed by atoms with Gasteiger partial charge >= 0.3 is 12.1 Å². The summed E-state index contributed by atoms with van der Waals surface area (Å²) in [5.74, 6) is -0.988. The molecule has 0 aliphatic rings. The lowest BCUT2D eigenvalue weighted by molar-refractivity contribution is 0.0634. The summed E-state index contributed by atoms with van der Waals surface area (Å²) in [5.41, 5.74) is 8.59. The highest BCUT2D eigenvalue weighted by atomic mass is 32.1. The van der Waals surface area contributed by atoms with Gasteiger partial charge in [0.2, 0.25) is 0 Å². The van der Waals surface area contributed by atoms with Crippen LogP contribution in [0.4, 0.5) is 16.2 Å². The molecule has 0 radical (unpaired) electrons. The average Bonchev–Trinajstić information content (AvgIpc) is 3.19. The molecule has 3 aromatic rings. The normalized spacial score (nSPS) is 10.4. The summed E-state index contributed by atoms with van der Waals surface area (Å²) in [4.78, 5) is 32.7. The van der Waals surface area contributed by atoms with Crippen LogP contribution in [-0.4, -0.2) is 29.1 Å². The zero-order valence-corrected chi connectivity index (χ0v) is 18.2. The number of amides is 1. The first kappa shape index (κ1) is 23.6. The number of nitrogen functional groups attached to an aromatic ring is 1. The van der Waals surface area contributed by atoms with E-state index in [0.717, 1.165) is 22.5 Å². The Hall–Kier alpha value is -3.65. The Kier molecular flexibility index (Phi) is 7.93. The number of aromatic carboxylic acids is 1. The SMILES string of the molecule is CC(C)(C)OC(=O)Nc1ccc(-c2ccccc2)cc1N.O=Cc1ccc(C(=O)O)s1. The van der Waals surface area contributed by atoms with Gasteiger partial charge in [-0.1, -0.05) is 36.4 Å². The third-order valence-corrected chi connectivity index (χ3v) is 4.75. The largest absolute Gasteiger partial charge is 0.477 e. The number of nitrogens with one attached hydrogen (secondary N) is 1. The second kappa shape index (κ2) is 10.4. The van der Waals surface area contributed by atoms with Crippen LogP contribution in [0.1, 0.15) is 40.1 Å². The molecule has 0 spiro atoms. The van der Waals surface area contributed by atoms with Crippen molar-refractivity contribution in [2.45, 2.75) is 26.4 Å². The molecule has 0 fully saturated rings. The Labute approximate surface area is 184 Å². The minimum atomic E-state index is -0.988. The second-order valence-corrected chi connectivity index (χ2v) is 8.54. The molecule has 0 bridgehead atoms. The van der Waals surface area contributed by atoms with Crippen molar-refractivity contribution in [1.82, 2.24) is 0 Å². The molecule has 1 amide bonds. The van der Waals surface area contributed by atoms with Crippen LogP contribution in [0.15, 0.2) is 60.7 Å². The number of carbonyl (C=O) groups is 3. The molecule has 162 valence electrons. The lowest BCUT2D eigenvalue weighted by Crippen LogP contribution is -2.27. The van der Waals surface area contributed by atoms with Gasteiger partial charge in [0.15, 0.2) is 6.29 Å². The van der Waals surface area contributed by atoms with Crippen molar-refractivity contribution >= 4 is 41.1 Å². The van der Waals surface area contributed by atoms with E-state index in [1.54, 1.807) is 6.07 Å². The number of ether oxygens (including phenoxy) is 1. The summed E-state index contributed by atoms with van der Waals surface area (Å²) in [6.07, 6.45) is 0.124. The molecule has 4 N–H and O–H groups in total. The minimum Gasteiger partial charge on any atom is -0.477 e. The number of thiophene rings is 1. The molecule has 8 heteroatoms. The second-order valence-electron chi connectivity index (χ2n) is 7.42. The van der Waals surface area contributed by atoms with Crippen LogP contribution in [0, 0.1) is 0 Å². The fourth-order valence-electron chi connectivity index (χ4n) is 2.43. The number of benzene rings is 2. The predicted molar refractivity (Wildman–Crippen MR) is 123 cm³/mol. The van der Waals surface area contributed by atoms with E-state index in [0.29, 0.717) is 22.5 Å². The number of aldehydes is 1. The molecular weight excluding hydrogens is 416 g/mol. The van der Waals surface area contributed by atoms with Gasteiger partial charge < -0.3 is 15.6 Å². The van der Waals surface area contributed by atoms with Crippen molar-refractivity contribution in [3.63, 3.8) is 0 Å². The fraction of sp³-hybridized carbons (Fsp3) is 0.174. The third-order valence-electron chi connectivity index (χ3n) is 3.75. The van der Waals surface area contributed by atoms with Crippen LogP contribution in [0.2, 0.25) is 0 Å². The van der Waals surface area contributed by atoms with Gasteiger partial charge in [-0.25, -0.2) is 9.59 Å². The van der Waals surface area contributed by atoms with Crippen molar-refractivity contribution in [2.24, 2.45) is 0 Å². The number of carbonyl (C=O) groups excluding carboxylic acids is 2. The van der Waals surface area contributed by atoms with Crippen molar-refractivity contribution < 1.29 is 24.2 Å². The number of anilines is 2. The molecule has 31 heavy (non-hydrogen) atoms. The number of hydrogen-bond acceptors (Lipinski definition) is 6. The Morgan fingerprint density at radius 1 is 1.03 bits per heavy atom. The highest BCUT2D eigenvalue weighted by Gasteiger charge is 2.17. The number of carboxylic acids is 1. The maximum atomic E-state index is 11.7. The van der Waals surface area contributed by atoms with Crippen LogP contribution in [0.3, 0.4) is 0 Å². The number of rotatable bonds is 4. The van der Waals surface area contributed by atoms with E-state index in [-0.39, 0.29) is 4.88 Å². The average molecular weight is 441 g/mol. The Morgan fingerprint density at radius 2 is 1.71 bits per heavy atom. The highest BCUT2D eigenvalue weighted by molar-refractivity contribution is 7.15. The molecule has 0 saturated carbocycles. The van der Waals surface area contributed by atoms with Crippen molar-refractivity contribution in [1.29, 1.82) is 0 Å². The summed E-state index contributed by atoms with van der Waals surface area (Å²) in [6, 6.07) is 18.4. The molecule has 7 nitrogen and oxygen atoms in total. The predicted octanol–water partition coefficient (Wildman–Crippen LogP) is 5.54. The third kappa shape index (κ3) is 7.60. The molecule has 0 unspecified atom stereocenters. The molecular formula is C23H24N2O5S. The Morgan fingerprint density at radius 3 is 2.19 bits per heavy atom. The van der Waals surface area contributed by atoms with Gasteiger partial charge in [-0.3, -0.25) is 10.1 Å². The van der Waals surface area contributed by atoms with Crippen molar-refractivity contribution in [3.05, 3.63) is 70.4 Å².